The maximum absolute atomic E-state index is 5.81. The van der Waals surface area contributed by atoms with Gasteiger partial charge in [-0.1, -0.05) is 0 Å². The Morgan fingerprint density at radius 2 is 2.10 bits per heavy atom. The number of rotatable bonds is 4. The summed E-state index contributed by atoms with van der Waals surface area (Å²) in [6, 6.07) is 2.81. The third-order valence-corrected chi connectivity index (χ3v) is 4.45. The van der Waals surface area contributed by atoms with Crippen LogP contribution in [0.4, 0.5) is 0 Å². The van der Waals surface area contributed by atoms with Gasteiger partial charge < -0.3 is 14.9 Å². The van der Waals surface area contributed by atoms with Crippen LogP contribution in [0.2, 0.25) is 0 Å². The van der Waals surface area contributed by atoms with Crippen molar-refractivity contribution in [3.63, 3.8) is 0 Å². The molecule has 0 radical (unpaired) electrons. The zero-order chi connectivity index (χ0) is 13.9. The van der Waals surface area contributed by atoms with Crippen LogP contribution in [-0.2, 0) is 17.8 Å². The topological polar surface area (TPSA) is 54.9 Å². The molecule has 2 saturated heterocycles. The van der Waals surface area contributed by atoms with Gasteiger partial charge in [0.2, 0.25) is 0 Å². The van der Waals surface area contributed by atoms with Crippen LogP contribution < -0.4 is 5.73 Å². The molecule has 2 N–H and O–H groups in total. The zero-order valence-corrected chi connectivity index (χ0v) is 12.3. The number of nitrogens with two attached hydrogens (primary N) is 1. The molecule has 2 fully saturated rings. The predicted octanol–water partition coefficient (Wildman–Crippen LogP) is 0.953. The lowest BCUT2D eigenvalue weighted by atomic mass is 10.2. The Bertz CT molecular complexity index is 440. The predicted molar refractivity (Wildman–Crippen MR) is 77.4 cm³/mol. The van der Waals surface area contributed by atoms with E-state index in [0.29, 0.717) is 12.6 Å². The lowest BCUT2D eigenvalue weighted by molar-refractivity contribution is 0.0182. The molecule has 5 nitrogen and oxygen atoms in total. The molecule has 20 heavy (non-hydrogen) atoms. The van der Waals surface area contributed by atoms with Crippen molar-refractivity contribution in [1.82, 2.24) is 9.80 Å². The number of hydrogen-bond donors (Lipinski definition) is 1. The highest BCUT2D eigenvalue weighted by Gasteiger charge is 2.29. The average Bonchev–Trinajstić information content (AvgIpc) is 3.07. The van der Waals surface area contributed by atoms with Crippen molar-refractivity contribution >= 4 is 0 Å². The summed E-state index contributed by atoms with van der Waals surface area (Å²) in [4.78, 5) is 5.06. The summed E-state index contributed by atoms with van der Waals surface area (Å²) in [6.07, 6.45) is 1.25. The Balaban J connectivity index is 1.54. The third-order valence-electron chi connectivity index (χ3n) is 4.45. The first-order chi connectivity index (χ1) is 9.76. The van der Waals surface area contributed by atoms with Gasteiger partial charge >= 0.3 is 0 Å². The van der Waals surface area contributed by atoms with Crippen molar-refractivity contribution in [1.29, 1.82) is 0 Å². The zero-order valence-electron chi connectivity index (χ0n) is 12.3. The fraction of sp³-hybridized carbons (Fsp3) is 0.733. The molecule has 0 bridgehead atoms. The summed E-state index contributed by atoms with van der Waals surface area (Å²) in [6.45, 7) is 9.67. The monoisotopic (exact) mass is 279 g/mol. The first-order valence-electron chi connectivity index (χ1n) is 7.58. The number of hydrogen-bond acceptors (Lipinski definition) is 5. The summed E-state index contributed by atoms with van der Waals surface area (Å²) < 4.78 is 11.2. The van der Waals surface area contributed by atoms with E-state index in [1.807, 2.05) is 0 Å². The van der Waals surface area contributed by atoms with Gasteiger partial charge in [-0.05, 0) is 25.0 Å². The van der Waals surface area contributed by atoms with E-state index in [1.165, 1.54) is 12.0 Å². The molecular formula is C15H25N3O2. The molecule has 1 aromatic rings. The van der Waals surface area contributed by atoms with E-state index in [4.69, 9.17) is 14.9 Å². The summed E-state index contributed by atoms with van der Waals surface area (Å²) in [5.74, 6) is 1.97. The Morgan fingerprint density at radius 3 is 2.80 bits per heavy atom. The molecule has 1 aromatic heterocycles. The Hall–Kier alpha value is -0.880. The quantitative estimate of drug-likeness (QED) is 0.889. The molecule has 1 unspecified atom stereocenters. The molecule has 0 saturated carbocycles. The van der Waals surface area contributed by atoms with Crippen molar-refractivity contribution in [3.05, 3.63) is 23.2 Å². The summed E-state index contributed by atoms with van der Waals surface area (Å²) in [5.41, 5.74) is 6.84. The van der Waals surface area contributed by atoms with E-state index in [2.05, 4.69) is 22.8 Å². The van der Waals surface area contributed by atoms with E-state index in [9.17, 15) is 0 Å². The summed E-state index contributed by atoms with van der Waals surface area (Å²) >= 11 is 0. The van der Waals surface area contributed by atoms with Gasteiger partial charge in [-0.2, -0.15) is 0 Å². The van der Waals surface area contributed by atoms with Crippen LogP contribution in [0.5, 0.6) is 0 Å². The van der Waals surface area contributed by atoms with E-state index in [-0.39, 0.29) is 0 Å². The Kier molecular flexibility index (Phi) is 4.41. The van der Waals surface area contributed by atoms with E-state index >= 15 is 0 Å². The van der Waals surface area contributed by atoms with Gasteiger partial charge in [-0.25, -0.2) is 0 Å². The molecule has 2 aliphatic rings. The summed E-state index contributed by atoms with van der Waals surface area (Å²) in [7, 11) is 0. The minimum absolute atomic E-state index is 0.488. The molecule has 0 aliphatic carbocycles. The molecule has 3 rings (SSSR count). The second-order valence-electron chi connectivity index (χ2n) is 5.85. The summed E-state index contributed by atoms with van der Waals surface area (Å²) in [5, 5.41) is 0. The molecule has 0 aromatic carbocycles. The van der Waals surface area contributed by atoms with Crippen molar-refractivity contribution in [2.24, 2.45) is 5.73 Å². The number of nitrogens with zero attached hydrogens (tertiary/aromatic N) is 2. The first-order valence-corrected chi connectivity index (χ1v) is 7.58. The molecule has 112 valence electrons. The molecule has 2 aliphatic heterocycles. The van der Waals surface area contributed by atoms with Crippen LogP contribution in [0.15, 0.2) is 10.5 Å². The smallest absolute Gasteiger partial charge is 0.120 e. The van der Waals surface area contributed by atoms with Crippen LogP contribution in [0.1, 0.15) is 23.5 Å². The van der Waals surface area contributed by atoms with E-state index in [0.717, 1.165) is 57.5 Å². The molecule has 3 heterocycles. The average molecular weight is 279 g/mol. The normalized spacial score (nSPS) is 25.4. The van der Waals surface area contributed by atoms with E-state index in [1.54, 1.807) is 0 Å². The van der Waals surface area contributed by atoms with Crippen LogP contribution in [-0.4, -0.2) is 55.2 Å². The molecule has 0 amide bonds. The highest BCUT2D eigenvalue weighted by atomic mass is 16.5. The third kappa shape index (κ3) is 3.06. The standard InChI is InChI=1S/C15H25N3O2/c1-12-8-14(20-15(12)9-16)11-17-3-2-13(10-17)18-4-6-19-7-5-18/h8,13H,2-7,9-11,16H2,1H3. The van der Waals surface area contributed by atoms with Gasteiger partial charge in [0, 0.05) is 32.2 Å². The number of aryl methyl sites for hydroxylation is 1. The number of ether oxygens (including phenoxy) is 1. The fourth-order valence-electron chi connectivity index (χ4n) is 3.29. The number of likely N-dealkylation sites (tertiary alicyclic amines) is 1. The molecule has 1 atom stereocenters. The second-order valence-corrected chi connectivity index (χ2v) is 5.85. The maximum atomic E-state index is 5.81. The largest absolute Gasteiger partial charge is 0.463 e. The van der Waals surface area contributed by atoms with Gasteiger partial charge in [0.25, 0.3) is 0 Å². The van der Waals surface area contributed by atoms with Crippen LogP contribution in [0, 0.1) is 6.92 Å². The second kappa shape index (κ2) is 6.26. The minimum atomic E-state index is 0.488. The van der Waals surface area contributed by atoms with Crippen molar-refractivity contribution in [3.8, 4) is 0 Å². The number of furan rings is 1. The van der Waals surface area contributed by atoms with Crippen molar-refractivity contribution < 1.29 is 9.15 Å². The fourth-order valence-corrected chi connectivity index (χ4v) is 3.29. The molecule has 5 heteroatoms. The maximum Gasteiger partial charge on any atom is 0.120 e. The van der Waals surface area contributed by atoms with Crippen molar-refractivity contribution in [2.45, 2.75) is 32.5 Å². The Labute approximate surface area is 120 Å². The number of morpholine rings is 1. The van der Waals surface area contributed by atoms with Gasteiger partial charge in [0.15, 0.2) is 0 Å². The molecule has 0 spiro atoms. The van der Waals surface area contributed by atoms with E-state index < -0.39 is 0 Å². The van der Waals surface area contributed by atoms with Crippen LogP contribution in [0.3, 0.4) is 0 Å². The lowest BCUT2D eigenvalue weighted by Crippen LogP contribution is -2.44. The SMILES string of the molecule is Cc1cc(CN2CCC(N3CCOCC3)C2)oc1CN. The minimum Gasteiger partial charge on any atom is -0.463 e. The van der Waals surface area contributed by atoms with Crippen LogP contribution >= 0.6 is 0 Å². The Morgan fingerprint density at radius 1 is 1.30 bits per heavy atom. The lowest BCUT2D eigenvalue weighted by Gasteiger charge is -2.32. The van der Waals surface area contributed by atoms with Gasteiger partial charge in [-0.3, -0.25) is 9.80 Å². The first kappa shape index (κ1) is 14.1. The van der Waals surface area contributed by atoms with Crippen molar-refractivity contribution in [2.75, 3.05) is 39.4 Å². The van der Waals surface area contributed by atoms with Gasteiger partial charge in [0.1, 0.15) is 11.5 Å². The highest BCUT2D eigenvalue weighted by Crippen LogP contribution is 2.21. The van der Waals surface area contributed by atoms with Gasteiger partial charge in [0.05, 0.1) is 26.3 Å². The highest BCUT2D eigenvalue weighted by molar-refractivity contribution is 5.19. The van der Waals surface area contributed by atoms with Crippen LogP contribution in [0.25, 0.3) is 0 Å². The van der Waals surface area contributed by atoms with Gasteiger partial charge in [-0.15, -0.1) is 0 Å². The molecular weight excluding hydrogens is 254 g/mol.